The summed E-state index contributed by atoms with van der Waals surface area (Å²) >= 11 is 0. The standard InChI is InChI=1S/C21H34N4O2/c1-3-22-21(23-15-18-8-6-7-17(2)24-18)25-12-10-19(11-13-25)27-16-20-9-4-5-14-26-20/h6-8,19-20H,3-5,9-16H2,1-2H3,(H,22,23). The fourth-order valence-corrected chi connectivity index (χ4v) is 3.69. The Morgan fingerprint density at radius 3 is 2.85 bits per heavy atom. The second-order valence-corrected chi connectivity index (χ2v) is 7.45. The highest BCUT2D eigenvalue weighted by Gasteiger charge is 2.23. The van der Waals surface area contributed by atoms with Gasteiger partial charge in [-0.25, -0.2) is 4.99 Å². The number of piperidine rings is 1. The molecule has 2 saturated heterocycles. The highest BCUT2D eigenvalue weighted by atomic mass is 16.5. The molecule has 1 N–H and O–H groups in total. The third-order valence-corrected chi connectivity index (χ3v) is 5.21. The van der Waals surface area contributed by atoms with Gasteiger partial charge in [0, 0.05) is 31.9 Å². The molecule has 0 aliphatic carbocycles. The van der Waals surface area contributed by atoms with Gasteiger partial charge in [-0.2, -0.15) is 0 Å². The number of hydrogen-bond donors (Lipinski definition) is 1. The van der Waals surface area contributed by atoms with E-state index in [2.05, 4.69) is 22.1 Å². The van der Waals surface area contributed by atoms with Crippen molar-refractivity contribution in [3.05, 3.63) is 29.6 Å². The predicted molar refractivity (Wildman–Crippen MR) is 108 cm³/mol. The van der Waals surface area contributed by atoms with Crippen LogP contribution in [-0.4, -0.2) is 60.9 Å². The summed E-state index contributed by atoms with van der Waals surface area (Å²) in [6, 6.07) is 6.09. The van der Waals surface area contributed by atoms with Crippen molar-refractivity contribution in [3.8, 4) is 0 Å². The Morgan fingerprint density at radius 1 is 1.30 bits per heavy atom. The van der Waals surface area contributed by atoms with Gasteiger partial charge in [-0.1, -0.05) is 6.07 Å². The van der Waals surface area contributed by atoms with Crippen LogP contribution in [0, 0.1) is 6.92 Å². The molecule has 0 saturated carbocycles. The zero-order valence-electron chi connectivity index (χ0n) is 16.8. The van der Waals surface area contributed by atoms with Gasteiger partial charge >= 0.3 is 0 Å². The Hall–Kier alpha value is -1.66. The van der Waals surface area contributed by atoms with Gasteiger partial charge in [0.2, 0.25) is 0 Å². The van der Waals surface area contributed by atoms with E-state index in [1.807, 2.05) is 25.1 Å². The van der Waals surface area contributed by atoms with E-state index >= 15 is 0 Å². The Bertz CT molecular complexity index is 594. The van der Waals surface area contributed by atoms with Gasteiger partial charge < -0.3 is 19.7 Å². The number of aromatic nitrogens is 1. The Balaban J connectivity index is 1.46. The van der Waals surface area contributed by atoms with Crippen molar-refractivity contribution in [1.82, 2.24) is 15.2 Å². The van der Waals surface area contributed by atoms with Crippen LogP contribution in [0.3, 0.4) is 0 Å². The number of hydrogen-bond acceptors (Lipinski definition) is 4. The van der Waals surface area contributed by atoms with E-state index in [1.54, 1.807) is 0 Å². The van der Waals surface area contributed by atoms with Gasteiger partial charge in [-0.3, -0.25) is 4.98 Å². The molecule has 0 radical (unpaired) electrons. The second kappa shape index (κ2) is 10.6. The number of ether oxygens (including phenoxy) is 2. The first-order valence-corrected chi connectivity index (χ1v) is 10.4. The Labute approximate surface area is 163 Å². The summed E-state index contributed by atoms with van der Waals surface area (Å²) in [5.74, 6) is 0.981. The van der Waals surface area contributed by atoms with Crippen LogP contribution < -0.4 is 5.32 Å². The smallest absolute Gasteiger partial charge is 0.194 e. The minimum absolute atomic E-state index is 0.303. The molecule has 2 fully saturated rings. The lowest BCUT2D eigenvalue weighted by molar-refractivity contribution is -0.0721. The highest BCUT2D eigenvalue weighted by Crippen LogP contribution is 2.18. The van der Waals surface area contributed by atoms with Crippen molar-refractivity contribution in [2.75, 3.05) is 32.8 Å². The molecule has 0 bridgehead atoms. The Morgan fingerprint density at radius 2 is 2.15 bits per heavy atom. The molecule has 1 aromatic rings. The minimum Gasteiger partial charge on any atom is -0.376 e. The predicted octanol–water partition coefficient (Wildman–Crippen LogP) is 2.91. The van der Waals surface area contributed by atoms with Crippen molar-refractivity contribution in [2.45, 2.75) is 64.7 Å². The van der Waals surface area contributed by atoms with E-state index in [0.29, 0.717) is 18.8 Å². The fourth-order valence-electron chi connectivity index (χ4n) is 3.69. The minimum atomic E-state index is 0.303. The van der Waals surface area contributed by atoms with E-state index < -0.39 is 0 Å². The first-order valence-electron chi connectivity index (χ1n) is 10.4. The maximum atomic E-state index is 6.13. The average Bonchev–Trinajstić information content (AvgIpc) is 2.71. The SMILES string of the molecule is CCNC(=NCc1cccc(C)n1)N1CCC(OCC2CCCCO2)CC1. The molecule has 27 heavy (non-hydrogen) atoms. The number of guanidine groups is 1. The topological polar surface area (TPSA) is 59.0 Å². The molecule has 3 heterocycles. The van der Waals surface area contributed by atoms with Crippen molar-refractivity contribution in [3.63, 3.8) is 0 Å². The number of nitrogens with zero attached hydrogens (tertiary/aromatic N) is 3. The van der Waals surface area contributed by atoms with E-state index in [9.17, 15) is 0 Å². The van der Waals surface area contributed by atoms with Gasteiger partial charge in [0.1, 0.15) is 0 Å². The van der Waals surface area contributed by atoms with Crippen molar-refractivity contribution >= 4 is 5.96 Å². The van der Waals surface area contributed by atoms with Crippen LogP contribution in [0.1, 0.15) is 50.4 Å². The molecule has 1 unspecified atom stereocenters. The number of rotatable bonds is 6. The molecule has 3 rings (SSSR count). The zero-order chi connectivity index (χ0) is 18.9. The lowest BCUT2D eigenvalue weighted by Gasteiger charge is -2.35. The second-order valence-electron chi connectivity index (χ2n) is 7.45. The van der Waals surface area contributed by atoms with Gasteiger partial charge in [0.15, 0.2) is 5.96 Å². The third-order valence-electron chi connectivity index (χ3n) is 5.21. The molecule has 0 spiro atoms. The van der Waals surface area contributed by atoms with Crippen molar-refractivity contribution in [1.29, 1.82) is 0 Å². The largest absolute Gasteiger partial charge is 0.376 e. The molecule has 6 nitrogen and oxygen atoms in total. The summed E-state index contributed by atoms with van der Waals surface area (Å²) in [7, 11) is 0. The molecule has 0 amide bonds. The average molecular weight is 375 g/mol. The van der Waals surface area contributed by atoms with E-state index in [-0.39, 0.29) is 0 Å². The van der Waals surface area contributed by atoms with Crippen LogP contribution in [0.5, 0.6) is 0 Å². The summed E-state index contributed by atoms with van der Waals surface area (Å²) < 4.78 is 11.9. The van der Waals surface area contributed by atoms with Crippen molar-refractivity contribution in [2.24, 2.45) is 4.99 Å². The summed E-state index contributed by atoms with van der Waals surface area (Å²) in [6.45, 7) is 9.20. The molecule has 150 valence electrons. The van der Waals surface area contributed by atoms with Gasteiger partial charge in [0.05, 0.1) is 31.1 Å². The van der Waals surface area contributed by atoms with Crippen LogP contribution >= 0.6 is 0 Å². The van der Waals surface area contributed by atoms with Gasteiger partial charge in [0.25, 0.3) is 0 Å². The maximum Gasteiger partial charge on any atom is 0.194 e. The monoisotopic (exact) mass is 374 g/mol. The van der Waals surface area contributed by atoms with Gasteiger partial charge in [-0.05, 0) is 58.1 Å². The summed E-state index contributed by atoms with van der Waals surface area (Å²) in [4.78, 5) is 11.7. The lowest BCUT2D eigenvalue weighted by Crippen LogP contribution is -2.47. The molecule has 2 aliphatic heterocycles. The zero-order valence-corrected chi connectivity index (χ0v) is 16.8. The number of likely N-dealkylation sites (tertiary alicyclic amines) is 1. The van der Waals surface area contributed by atoms with Crippen LogP contribution in [0.25, 0.3) is 0 Å². The van der Waals surface area contributed by atoms with E-state index in [1.165, 1.54) is 12.8 Å². The molecular weight excluding hydrogens is 340 g/mol. The number of aryl methyl sites for hydroxylation is 1. The highest BCUT2D eigenvalue weighted by molar-refractivity contribution is 5.80. The lowest BCUT2D eigenvalue weighted by atomic mass is 10.1. The maximum absolute atomic E-state index is 6.13. The van der Waals surface area contributed by atoms with Crippen molar-refractivity contribution < 1.29 is 9.47 Å². The third kappa shape index (κ3) is 6.47. The first-order chi connectivity index (χ1) is 13.2. The van der Waals surface area contributed by atoms with Gasteiger partial charge in [-0.15, -0.1) is 0 Å². The van der Waals surface area contributed by atoms with E-state index in [0.717, 1.165) is 69.5 Å². The quantitative estimate of drug-likeness (QED) is 0.613. The van der Waals surface area contributed by atoms with Crippen LogP contribution in [0.4, 0.5) is 0 Å². The number of nitrogens with one attached hydrogen (secondary N) is 1. The summed E-state index contributed by atoms with van der Waals surface area (Å²) in [5, 5.41) is 3.42. The normalized spacial score (nSPS) is 22.1. The molecule has 0 aromatic carbocycles. The summed E-state index contributed by atoms with van der Waals surface area (Å²) in [5.41, 5.74) is 2.05. The molecule has 2 aliphatic rings. The summed E-state index contributed by atoms with van der Waals surface area (Å²) in [6.07, 6.45) is 6.33. The van der Waals surface area contributed by atoms with Crippen LogP contribution in [0.15, 0.2) is 23.2 Å². The molecular formula is C21H34N4O2. The molecule has 1 aromatic heterocycles. The van der Waals surface area contributed by atoms with E-state index in [4.69, 9.17) is 14.5 Å². The van der Waals surface area contributed by atoms with Crippen LogP contribution in [0.2, 0.25) is 0 Å². The fraction of sp³-hybridized carbons (Fsp3) is 0.714. The first kappa shape index (κ1) is 20.1. The number of aliphatic imine (C=N–C) groups is 1. The number of pyridine rings is 1. The van der Waals surface area contributed by atoms with Crippen LogP contribution in [-0.2, 0) is 16.0 Å². The Kier molecular flexibility index (Phi) is 7.90. The molecule has 6 heteroatoms. The molecule has 1 atom stereocenters.